The van der Waals surface area contributed by atoms with Gasteiger partial charge < -0.3 is 5.32 Å². The number of H-pyrrole nitrogens is 1. The van der Waals surface area contributed by atoms with E-state index in [1.54, 1.807) is 24.3 Å². The molecule has 0 bridgehead atoms. The highest BCUT2D eigenvalue weighted by Crippen LogP contribution is 2.38. The maximum absolute atomic E-state index is 13.1. The van der Waals surface area contributed by atoms with E-state index < -0.39 is 27.9 Å². The molecule has 10 heteroatoms. The number of nitrogens with zero attached hydrogens (tertiary/aromatic N) is 2. The second-order valence-electron chi connectivity index (χ2n) is 6.75. The predicted octanol–water partition coefficient (Wildman–Crippen LogP) is 6.07. The summed E-state index contributed by atoms with van der Waals surface area (Å²) in [4.78, 5) is 17.4. The fourth-order valence-corrected chi connectivity index (χ4v) is 3.75. The molecule has 1 heterocycles. The number of thioether (sulfide) groups is 1. The lowest BCUT2D eigenvalue weighted by atomic mass is 10.1. The van der Waals surface area contributed by atoms with Gasteiger partial charge in [0.05, 0.1) is 10.6 Å². The summed E-state index contributed by atoms with van der Waals surface area (Å²) in [6, 6.07) is 12.1. The first kappa shape index (κ1) is 22.2. The van der Waals surface area contributed by atoms with Gasteiger partial charge in [0.25, 0.3) is 0 Å². The van der Waals surface area contributed by atoms with E-state index in [2.05, 4.69) is 20.5 Å². The lowest BCUT2D eigenvalue weighted by Gasteiger charge is -2.17. The van der Waals surface area contributed by atoms with Gasteiger partial charge in [0.2, 0.25) is 11.1 Å². The standard InChI is InChI=1S/C20H18ClF3N4OS/c1-11(2)17-26-19(28-27-17)30-16(12-6-4-3-5-7-12)18(29)25-13-8-9-15(21)14(10-13)20(22,23)24/h3-11,16H,1-2H3,(H,25,29)(H,26,27,28). The molecule has 0 spiro atoms. The van der Waals surface area contributed by atoms with Gasteiger partial charge in [-0.25, -0.2) is 4.98 Å². The van der Waals surface area contributed by atoms with Crippen molar-refractivity contribution in [1.29, 1.82) is 0 Å². The highest BCUT2D eigenvalue weighted by atomic mass is 35.5. The molecule has 1 amide bonds. The van der Waals surface area contributed by atoms with Crippen LogP contribution in [0.2, 0.25) is 5.02 Å². The monoisotopic (exact) mass is 454 g/mol. The zero-order valence-electron chi connectivity index (χ0n) is 16.0. The van der Waals surface area contributed by atoms with Crippen LogP contribution in [0.15, 0.2) is 53.7 Å². The summed E-state index contributed by atoms with van der Waals surface area (Å²) in [6.07, 6.45) is -4.63. The molecule has 2 N–H and O–H groups in total. The van der Waals surface area contributed by atoms with E-state index in [0.29, 0.717) is 16.5 Å². The number of amides is 1. The van der Waals surface area contributed by atoms with E-state index in [1.165, 1.54) is 6.07 Å². The number of nitrogens with one attached hydrogen (secondary N) is 2. The number of rotatable bonds is 6. The molecule has 3 rings (SSSR count). The molecule has 0 fully saturated rings. The molecule has 0 aliphatic rings. The minimum absolute atomic E-state index is 0.00360. The van der Waals surface area contributed by atoms with Crippen LogP contribution < -0.4 is 5.32 Å². The first-order chi connectivity index (χ1) is 14.1. The summed E-state index contributed by atoms with van der Waals surface area (Å²) >= 11 is 6.76. The Morgan fingerprint density at radius 3 is 2.47 bits per heavy atom. The lowest BCUT2D eigenvalue weighted by molar-refractivity contribution is -0.137. The number of hydrogen-bond donors (Lipinski definition) is 2. The first-order valence-electron chi connectivity index (χ1n) is 8.96. The zero-order valence-corrected chi connectivity index (χ0v) is 17.6. The van der Waals surface area contributed by atoms with Gasteiger partial charge in [0, 0.05) is 11.6 Å². The number of benzene rings is 2. The molecule has 3 aromatic rings. The fourth-order valence-electron chi connectivity index (χ4n) is 2.60. The molecule has 0 aliphatic heterocycles. The Bertz CT molecular complexity index is 1020. The van der Waals surface area contributed by atoms with Crippen LogP contribution in [0.3, 0.4) is 0 Å². The maximum Gasteiger partial charge on any atom is 0.417 e. The van der Waals surface area contributed by atoms with Crippen LogP contribution in [0.25, 0.3) is 0 Å². The number of carbonyl (C=O) groups excluding carboxylic acids is 1. The number of aromatic nitrogens is 3. The average Bonchev–Trinajstić information content (AvgIpc) is 3.16. The van der Waals surface area contributed by atoms with Gasteiger partial charge in [-0.3, -0.25) is 9.89 Å². The van der Waals surface area contributed by atoms with Crippen LogP contribution in [0.1, 0.15) is 42.0 Å². The van der Waals surface area contributed by atoms with Gasteiger partial charge in [0.15, 0.2) is 0 Å². The number of anilines is 1. The van der Waals surface area contributed by atoms with Crippen molar-refractivity contribution in [3.63, 3.8) is 0 Å². The summed E-state index contributed by atoms with van der Waals surface area (Å²) in [5.41, 5.74) is -0.349. The third-order valence-corrected chi connectivity index (χ3v) is 5.58. The van der Waals surface area contributed by atoms with E-state index in [9.17, 15) is 18.0 Å². The number of carbonyl (C=O) groups is 1. The van der Waals surface area contributed by atoms with Crippen LogP contribution in [0, 0.1) is 0 Å². The second kappa shape index (κ2) is 9.09. The van der Waals surface area contributed by atoms with Crippen molar-refractivity contribution in [1.82, 2.24) is 15.2 Å². The van der Waals surface area contributed by atoms with Crippen molar-refractivity contribution in [3.05, 3.63) is 70.5 Å². The minimum atomic E-state index is -4.63. The minimum Gasteiger partial charge on any atom is -0.325 e. The Morgan fingerprint density at radius 1 is 1.17 bits per heavy atom. The SMILES string of the molecule is CC(C)c1nc(SC(C(=O)Nc2ccc(Cl)c(C(F)(F)F)c2)c2ccccc2)n[nH]1. The molecule has 1 aromatic heterocycles. The van der Waals surface area contributed by atoms with E-state index in [4.69, 9.17) is 11.6 Å². The van der Waals surface area contributed by atoms with Gasteiger partial charge in [-0.2, -0.15) is 13.2 Å². The third-order valence-electron chi connectivity index (χ3n) is 4.13. The normalized spacial score (nSPS) is 12.8. The maximum atomic E-state index is 13.1. The van der Waals surface area contributed by atoms with Crippen LogP contribution in [0.4, 0.5) is 18.9 Å². The smallest absolute Gasteiger partial charge is 0.325 e. The summed E-state index contributed by atoms with van der Waals surface area (Å²) in [7, 11) is 0. The quantitative estimate of drug-likeness (QED) is 0.443. The van der Waals surface area contributed by atoms with Crippen molar-refractivity contribution >= 4 is 35.0 Å². The van der Waals surface area contributed by atoms with E-state index in [-0.39, 0.29) is 11.6 Å². The van der Waals surface area contributed by atoms with Crippen molar-refractivity contribution in [2.24, 2.45) is 0 Å². The molecule has 0 saturated heterocycles. The molecular formula is C20H18ClF3N4OS. The van der Waals surface area contributed by atoms with Crippen molar-refractivity contribution in [2.75, 3.05) is 5.32 Å². The van der Waals surface area contributed by atoms with E-state index >= 15 is 0 Å². The average molecular weight is 455 g/mol. The molecule has 0 radical (unpaired) electrons. The van der Waals surface area contributed by atoms with Gasteiger partial charge in [0.1, 0.15) is 11.1 Å². The first-order valence-corrected chi connectivity index (χ1v) is 10.2. The van der Waals surface area contributed by atoms with Crippen LogP contribution in [-0.2, 0) is 11.0 Å². The van der Waals surface area contributed by atoms with E-state index in [1.807, 2.05) is 19.9 Å². The largest absolute Gasteiger partial charge is 0.417 e. The molecular weight excluding hydrogens is 437 g/mol. The lowest BCUT2D eigenvalue weighted by Crippen LogP contribution is -2.19. The Kier molecular flexibility index (Phi) is 6.72. The molecule has 30 heavy (non-hydrogen) atoms. The van der Waals surface area contributed by atoms with Crippen molar-refractivity contribution in [2.45, 2.75) is 36.3 Å². The summed E-state index contributed by atoms with van der Waals surface area (Å²) in [5.74, 6) is 0.306. The molecule has 0 aliphatic carbocycles. The third kappa shape index (κ3) is 5.34. The Balaban J connectivity index is 1.87. The second-order valence-corrected chi connectivity index (χ2v) is 8.23. The Labute approximate surface area is 180 Å². The number of alkyl halides is 3. The molecule has 2 aromatic carbocycles. The highest BCUT2D eigenvalue weighted by Gasteiger charge is 2.34. The molecule has 5 nitrogen and oxygen atoms in total. The topological polar surface area (TPSA) is 70.7 Å². The fraction of sp³-hybridized carbons (Fsp3) is 0.250. The van der Waals surface area contributed by atoms with Gasteiger partial charge >= 0.3 is 6.18 Å². The van der Waals surface area contributed by atoms with Gasteiger partial charge in [-0.05, 0) is 23.8 Å². The number of halogens is 4. The zero-order chi connectivity index (χ0) is 21.9. The molecule has 1 unspecified atom stereocenters. The number of hydrogen-bond acceptors (Lipinski definition) is 4. The summed E-state index contributed by atoms with van der Waals surface area (Å²) in [6.45, 7) is 3.91. The van der Waals surface area contributed by atoms with Crippen molar-refractivity contribution in [3.8, 4) is 0 Å². The van der Waals surface area contributed by atoms with Crippen LogP contribution >= 0.6 is 23.4 Å². The molecule has 158 valence electrons. The van der Waals surface area contributed by atoms with Crippen molar-refractivity contribution < 1.29 is 18.0 Å². The summed E-state index contributed by atoms with van der Waals surface area (Å²) < 4.78 is 39.4. The van der Waals surface area contributed by atoms with Gasteiger partial charge in [-0.15, -0.1) is 5.10 Å². The van der Waals surface area contributed by atoms with Crippen LogP contribution in [-0.4, -0.2) is 21.1 Å². The molecule has 1 atom stereocenters. The Hall–Kier alpha value is -2.52. The van der Waals surface area contributed by atoms with Crippen LogP contribution in [0.5, 0.6) is 0 Å². The predicted molar refractivity (Wildman–Crippen MR) is 111 cm³/mol. The molecule has 0 saturated carbocycles. The highest BCUT2D eigenvalue weighted by molar-refractivity contribution is 8.00. The van der Waals surface area contributed by atoms with E-state index in [0.717, 1.165) is 23.9 Å². The summed E-state index contributed by atoms with van der Waals surface area (Å²) in [5, 5.41) is 8.67. The Morgan fingerprint density at radius 2 is 1.87 bits per heavy atom. The van der Waals surface area contributed by atoms with Gasteiger partial charge in [-0.1, -0.05) is 67.5 Å². The number of aromatic amines is 1.